The number of carboxylic acids is 1. The molecule has 2 aromatic rings. The average molecular weight is 406 g/mol. The van der Waals surface area contributed by atoms with Gasteiger partial charge in [-0.05, 0) is 61.0 Å². The molecule has 3 rings (SSSR count). The standard InChI is InChI=1S/C21H27NO5S/c1-13-8-18(28-12-13)19(22-7-5-6-14(11-22)21(23)24)15-9-16(25-2)20(27-4)17(10-15)26-3/h8-10,12,14,19H,5-7,11H2,1-4H3,(H,23,24). The zero-order valence-electron chi connectivity index (χ0n) is 16.7. The van der Waals surface area contributed by atoms with Crippen molar-refractivity contribution in [3.63, 3.8) is 0 Å². The van der Waals surface area contributed by atoms with Gasteiger partial charge in [0, 0.05) is 11.4 Å². The van der Waals surface area contributed by atoms with E-state index in [-0.39, 0.29) is 12.0 Å². The molecule has 1 aliphatic heterocycles. The van der Waals surface area contributed by atoms with Crippen LogP contribution in [-0.4, -0.2) is 50.4 Å². The quantitative estimate of drug-likeness (QED) is 0.752. The predicted molar refractivity (Wildman–Crippen MR) is 109 cm³/mol. The van der Waals surface area contributed by atoms with Crippen molar-refractivity contribution in [2.45, 2.75) is 25.8 Å². The molecule has 0 spiro atoms. The number of rotatable bonds is 7. The summed E-state index contributed by atoms with van der Waals surface area (Å²) in [5.41, 5.74) is 2.20. The number of benzene rings is 1. The van der Waals surface area contributed by atoms with Crippen molar-refractivity contribution in [1.29, 1.82) is 0 Å². The number of methoxy groups -OCH3 is 3. The molecule has 7 heteroatoms. The van der Waals surface area contributed by atoms with Crippen LogP contribution in [-0.2, 0) is 4.79 Å². The van der Waals surface area contributed by atoms with Crippen LogP contribution < -0.4 is 14.2 Å². The van der Waals surface area contributed by atoms with Gasteiger partial charge in [0.25, 0.3) is 0 Å². The number of thiophene rings is 1. The van der Waals surface area contributed by atoms with E-state index in [1.165, 1.54) is 10.4 Å². The molecule has 1 aliphatic rings. The van der Waals surface area contributed by atoms with E-state index in [2.05, 4.69) is 23.3 Å². The van der Waals surface area contributed by atoms with Crippen molar-refractivity contribution in [2.75, 3.05) is 34.4 Å². The molecule has 0 saturated carbocycles. The van der Waals surface area contributed by atoms with Gasteiger partial charge < -0.3 is 19.3 Å². The van der Waals surface area contributed by atoms with Crippen LogP contribution in [0, 0.1) is 12.8 Å². The Hall–Kier alpha value is -2.25. The maximum Gasteiger partial charge on any atom is 0.307 e. The second-order valence-electron chi connectivity index (χ2n) is 7.06. The van der Waals surface area contributed by atoms with E-state index in [9.17, 15) is 9.90 Å². The first kappa shape index (κ1) is 20.5. The van der Waals surface area contributed by atoms with Crippen LogP contribution >= 0.6 is 11.3 Å². The van der Waals surface area contributed by atoms with Crippen LogP contribution in [0.15, 0.2) is 23.6 Å². The van der Waals surface area contributed by atoms with Gasteiger partial charge in [-0.1, -0.05) is 0 Å². The van der Waals surface area contributed by atoms with Gasteiger partial charge in [0.1, 0.15) is 0 Å². The Morgan fingerprint density at radius 3 is 2.36 bits per heavy atom. The Balaban J connectivity index is 2.08. The fraction of sp³-hybridized carbons (Fsp3) is 0.476. The van der Waals surface area contributed by atoms with Gasteiger partial charge in [-0.15, -0.1) is 11.3 Å². The van der Waals surface area contributed by atoms with E-state index in [0.717, 1.165) is 24.9 Å². The molecule has 1 saturated heterocycles. The summed E-state index contributed by atoms with van der Waals surface area (Å²) in [5, 5.41) is 11.7. The first-order chi connectivity index (χ1) is 13.5. The zero-order valence-corrected chi connectivity index (χ0v) is 17.5. The molecule has 1 N–H and O–H groups in total. The van der Waals surface area contributed by atoms with E-state index in [1.54, 1.807) is 32.7 Å². The number of aliphatic carboxylic acids is 1. The molecule has 0 radical (unpaired) electrons. The van der Waals surface area contributed by atoms with Crippen LogP contribution in [0.5, 0.6) is 17.2 Å². The number of piperidine rings is 1. The van der Waals surface area contributed by atoms with Gasteiger partial charge in [0.15, 0.2) is 11.5 Å². The highest BCUT2D eigenvalue weighted by Crippen LogP contribution is 2.44. The number of nitrogens with zero attached hydrogens (tertiary/aromatic N) is 1. The van der Waals surface area contributed by atoms with Crippen LogP contribution in [0.25, 0.3) is 0 Å². The van der Waals surface area contributed by atoms with E-state index in [4.69, 9.17) is 14.2 Å². The lowest BCUT2D eigenvalue weighted by Crippen LogP contribution is -2.41. The fourth-order valence-electron chi connectivity index (χ4n) is 3.85. The summed E-state index contributed by atoms with van der Waals surface area (Å²) in [4.78, 5) is 15.0. The number of ether oxygens (including phenoxy) is 3. The maximum absolute atomic E-state index is 11.6. The molecule has 28 heavy (non-hydrogen) atoms. The number of aryl methyl sites for hydroxylation is 1. The van der Waals surface area contributed by atoms with E-state index in [0.29, 0.717) is 23.8 Å². The van der Waals surface area contributed by atoms with Gasteiger partial charge in [-0.3, -0.25) is 9.69 Å². The average Bonchev–Trinajstić information content (AvgIpc) is 3.13. The third-order valence-electron chi connectivity index (χ3n) is 5.19. The van der Waals surface area contributed by atoms with E-state index < -0.39 is 5.97 Å². The molecule has 1 fully saturated rings. The smallest absolute Gasteiger partial charge is 0.307 e. The van der Waals surface area contributed by atoms with Crippen molar-refractivity contribution in [3.05, 3.63) is 39.6 Å². The number of carbonyl (C=O) groups is 1. The van der Waals surface area contributed by atoms with Crippen LogP contribution in [0.2, 0.25) is 0 Å². The van der Waals surface area contributed by atoms with E-state index >= 15 is 0 Å². The van der Waals surface area contributed by atoms with Crippen molar-refractivity contribution < 1.29 is 24.1 Å². The largest absolute Gasteiger partial charge is 0.493 e. The highest BCUT2D eigenvalue weighted by atomic mass is 32.1. The van der Waals surface area contributed by atoms with Crippen LogP contribution in [0.1, 0.15) is 34.9 Å². The predicted octanol–water partition coefficient (Wildman–Crippen LogP) is 3.97. The Morgan fingerprint density at radius 1 is 1.18 bits per heavy atom. The number of hydrogen-bond acceptors (Lipinski definition) is 6. The van der Waals surface area contributed by atoms with Gasteiger partial charge in [-0.25, -0.2) is 0 Å². The maximum atomic E-state index is 11.6. The highest BCUT2D eigenvalue weighted by Gasteiger charge is 2.33. The summed E-state index contributed by atoms with van der Waals surface area (Å²) in [6, 6.07) is 6.04. The third-order valence-corrected chi connectivity index (χ3v) is 6.29. The molecule has 0 amide bonds. The Kier molecular flexibility index (Phi) is 6.46. The minimum atomic E-state index is -0.726. The molecular weight excluding hydrogens is 378 g/mol. The lowest BCUT2D eigenvalue weighted by Gasteiger charge is -2.37. The Morgan fingerprint density at radius 2 is 1.86 bits per heavy atom. The van der Waals surface area contributed by atoms with Crippen molar-refractivity contribution in [1.82, 2.24) is 4.90 Å². The van der Waals surface area contributed by atoms with Crippen LogP contribution in [0.3, 0.4) is 0 Å². The van der Waals surface area contributed by atoms with Crippen molar-refractivity contribution >= 4 is 17.3 Å². The molecule has 2 heterocycles. The minimum Gasteiger partial charge on any atom is -0.493 e. The topological polar surface area (TPSA) is 68.2 Å². The Labute approximate surface area is 169 Å². The van der Waals surface area contributed by atoms with Gasteiger partial charge in [0.2, 0.25) is 5.75 Å². The number of hydrogen-bond donors (Lipinski definition) is 1. The lowest BCUT2D eigenvalue weighted by molar-refractivity contribution is -0.143. The van der Waals surface area contributed by atoms with Crippen molar-refractivity contribution in [2.24, 2.45) is 5.92 Å². The van der Waals surface area contributed by atoms with Gasteiger partial charge in [-0.2, -0.15) is 0 Å². The first-order valence-electron chi connectivity index (χ1n) is 9.30. The molecule has 2 atom stereocenters. The summed E-state index contributed by atoms with van der Waals surface area (Å²) in [6.45, 7) is 3.44. The molecule has 6 nitrogen and oxygen atoms in total. The summed E-state index contributed by atoms with van der Waals surface area (Å²) in [5.74, 6) is 0.677. The van der Waals surface area contributed by atoms with E-state index in [1.807, 2.05) is 12.1 Å². The molecular formula is C21H27NO5S. The van der Waals surface area contributed by atoms with Gasteiger partial charge >= 0.3 is 5.97 Å². The molecule has 0 bridgehead atoms. The summed E-state index contributed by atoms with van der Waals surface area (Å²) < 4.78 is 16.5. The van der Waals surface area contributed by atoms with Gasteiger partial charge in [0.05, 0.1) is 33.3 Å². The lowest BCUT2D eigenvalue weighted by atomic mass is 9.93. The normalized spacial score (nSPS) is 18.5. The van der Waals surface area contributed by atoms with Crippen molar-refractivity contribution in [3.8, 4) is 17.2 Å². The first-order valence-corrected chi connectivity index (χ1v) is 10.2. The summed E-state index contributed by atoms with van der Waals surface area (Å²) >= 11 is 1.69. The number of carboxylic acid groups (broad SMARTS) is 1. The fourth-order valence-corrected chi connectivity index (χ4v) is 4.91. The SMILES string of the molecule is COc1cc(C(c2cc(C)cs2)N2CCCC(C(=O)O)C2)cc(OC)c1OC. The minimum absolute atomic E-state index is 0.0606. The van der Waals surface area contributed by atoms with Crippen LogP contribution in [0.4, 0.5) is 0 Å². The Bertz CT molecular complexity index is 809. The molecule has 0 aliphatic carbocycles. The highest BCUT2D eigenvalue weighted by molar-refractivity contribution is 7.10. The molecule has 2 unspecified atom stereocenters. The molecule has 1 aromatic carbocycles. The second kappa shape index (κ2) is 8.84. The monoisotopic (exact) mass is 405 g/mol. The zero-order chi connectivity index (χ0) is 20.3. The molecule has 1 aromatic heterocycles. The summed E-state index contributed by atoms with van der Waals surface area (Å²) in [6.07, 6.45) is 1.58. The molecule has 152 valence electrons. The second-order valence-corrected chi connectivity index (χ2v) is 8.00. The summed E-state index contributed by atoms with van der Waals surface area (Å²) in [7, 11) is 4.79. The number of likely N-dealkylation sites (tertiary alicyclic amines) is 1. The third kappa shape index (κ3) is 4.10.